The van der Waals surface area contributed by atoms with Crippen molar-refractivity contribution < 1.29 is 24.2 Å². The first-order valence-corrected chi connectivity index (χ1v) is 13.5. The van der Waals surface area contributed by atoms with Crippen LogP contribution in [0.5, 0.6) is 11.5 Å². The third-order valence-electron chi connectivity index (χ3n) is 6.63. The summed E-state index contributed by atoms with van der Waals surface area (Å²) in [5.74, 6) is 0.644. The zero-order chi connectivity index (χ0) is 29.5. The maximum atomic E-state index is 13.1. The second-order valence-corrected chi connectivity index (χ2v) is 9.93. The van der Waals surface area contributed by atoms with Crippen molar-refractivity contribution in [2.75, 3.05) is 74.4 Å². The molecule has 1 saturated heterocycles. The van der Waals surface area contributed by atoms with Gasteiger partial charge in [-0.2, -0.15) is 0 Å². The first-order valence-electron chi connectivity index (χ1n) is 12.7. The molecule has 218 valence electrons. The number of anilines is 5. The molecule has 3 N–H and O–H groups in total. The van der Waals surface area contributed by atoms with Gasteiger partial charge in [0.2, 0.25) is 0 Å². The lowest BCUT2D eigenvalue weighted by Gasteiger charge is -2.36. The third-order valence-corrected chi connectivity index (χ3v) is 7.38. The van der Waals surface area contributed by atoms with Crippen LogP contribution in [-0.2, 0) is 4.79 Å². The van der Waals surface area contributed by atoms with E-state index in [1.54, 1.807) is 13.1 Å². The number of amides is 2. The average molecular weight is 604 g/mol. The van der Waals surface area contributed by atoms with Crippen molar-refractivity contribution >= 4 is 63.9 Å². The molecule has 2 aromatic carbocycles. The largest absolute Gasteiger partial charge is 0.495 e. The molecule has 0 saturated carbocycles. The van der Waals surface area contributed by atoms with E-state index in [-0.39, 0.29) is 22.2 Å². The number of carbonyl (C=O) groups is 2. The zero-order valence-corrected chi connectivity index (χ0v) is 24.4. The van der Waals surface area contributed by atoms with Gasteiger partial charge in [0, 0.05) is 63.3 Å². The topological polar surface area (TPSA) is 132 Å². The number of urea groups is 1. The number of hydrogen-bond acceptors (Lipinski definition) is 9. The van der Waals surface area contributed by atoms with Gasteiger partial charge in [-0.15, -0.1) is 0 Å². The summed E-state index contributed by atoms with van der Waals surface area (Å²) in [7, 11) is 4.45. The van der Waals surface area contributed by atoms with Crippen molar-refractivity contribution in [3.8, 4) is 11.5 Å². The second-order valence-electron chi connectivity index (χ2n) is 9.18. The number of rotatable bonds is 10. The van der Waals surface area contributed by atoms with Crippen molar-refractivity contribution in [3.05, 3.63) is 52.8 Å². The van der Waals surface area contributed by atoms with Gasteiger partial charge in [-0.3, -0.25) is 14.6 Å². The Bertz CT molecular complexity index is 1360. The van der Waals surface area contributed by atoms with Crippen LogP contribution in [0.1, 0.15) is 6.42 Å². The Labute approximate surface area is 247 Å². The maximum Gasteiger partial charge on any atom is 0.327 e. The fraction of sp³-hybridized carbons (Fsp3) is 0.333. The summed E-state index contributed by atoms with van der Waals surface area (Å²) in [4.78, 5) is 38.1. The van der Waals surface area contributed by atoms with Crippen LogP contribution >= 0.6 is 23.2 Å². The van der Waals surface area contributed by atoms with Crippen LogP contribution in [0.4, 0.5) is 33.5 Å². The molecular weight excluding hydrogens is 573 g/mol. The predicted molar refractivity (Wildman–Crippen MR) is 160 cm³/mol. The van der Waals surface area contributed by atoms with E-state index in [1.807, 2.05) is 24.3 Å². The Morgan fingerprint density at radius 3 is 2.22 bits per heavy atom. The van der Waals surface area contributed by atoms with E-state index in [2.05, 4.69) is 30.4 Å². The molecule has 4 rings (SSSR count). The Balaban J connectivity index is 1.38. The fourth-order valence-corrected chi connectivity index (χ4v) is 4.87. The second kappa shape index (κ2) is 13.6. The van der Waals surface area contributed by atoms with Crippen LogP contribution in [0.3, 0.4) is 0 Å². The summed E-state index contributed by atoms with van der Waals surface area (Å²) < 4.78 is 10.5. The van der Waals surface area contributed by atoms with Gasteiger partial charge in [-0.1, -0.05) is 23.2 Å². The quantitative estimate of drug-likeness (QED) is 0.296. The Morgan fingerprint density at radius 1 is 1.00 bits per heavy atom. The van der Waals surface area contributed by atoms with E-state index >= 15 is 0 Å². The van der Waals surface area contributed by atoms with E-state index in [1.165, 1.54) is 31.5 Å². The van der Waals surface area contributed by atoms with Crippen LogP contribution < -0.4 is 29.9 Å². The summed E-state index contributed by atoms with van der Waals surface area (Å²) >= 11 is 12.8. The molecule has 0 radical (unpaired) electrons. The molecule has 1 aromatic heterocycles. The lowest BCUT2D eigenvalue weighted by molar-refractivity contribution is -0.137. The predicted octanol–water partition coefficient (Wildman–Crippen LogP) is 4.81. The molecule has 14 heteroatoms. The number of carbonyl (C=O) groups excluding carboxylic acids is 1. The normalized spacial score (nSPS) is 13.4. The molecule has 1 aliphatic heterocycles. The number of carboxylic acid groups (broad SMARTS) is 1. The number of halogens is 2. The highest BCUT2D eigenvalue weighted by molar-refractivity contribution is 6.41. The molecule has 2 amide bonds. The number of ether oxygens (including phenoxy) is 2. The van der Waals surface area contributed by atoms with E-state index in [9.17, 15) is 9.59 Å². The van der Waals surface area contributed by atoms with Gasteiger partial charge in [0.15, 0.2) is 0 Å². The minimum atomic E-state index is -0.773. The molecule has 1 aliphatic rings. The molecule has 0 aliphatic carbocycles. The van der Waals surface area contributed by atoms with E-state index in [4.69, 9.17) is 37.8 Å². The number of aromatic nitrogens is 2. The minimum Gasteiger partial charge on any atom is -0.495 e. The zero-order valence-electron chi connectivity index (χ0n) is 22.9. The molecule has 0 bridgehead atoms. The number of carboxylic acids is 1. The van der Waals surface area contributed by atoms with Crippen LogP contribution in [0, 0.1) is 0 Å². The number of methoxy groups -OCH3 is 2. The number of nitrogens with one attached hydrogen (secondary N) is 2. The first kappa shape index (κ1) is 30.0. The summed E-state index contributed by atoms with van der Waals surface area (Å²) in [5, 5.41) is 15.1. The summed E-state index contributed by atoms with van der Waals surface area (Å²) in [6, 6.07) is 10.6. The van der Waals surface area contributed by atoms with Crippen molar-refractivity contribution in [3.63, 3.8) is 0 Å². The molecule has 0 unspecified atom stereocenters. The van der Waals surface area contributed by atoms with Crippen LogP contribution in [0.25, 0.3) is 0 Å². The molecule has 0 spiro atoms. The summed E-state index contributed by atoms with van der Waals surface area (Å²) in [6.07, 6.45) is 1.51. The van der Waals surface area contributed by atoms with E-state index in [0.29, 0.717) is 29.7 Å². The van der Waals surface area contributed by atoms with Gasteiger partial charge in [0.25, 0.3) is 0 Å². The SMILES string of the molecule is COc1cc(OC)c(Cl)c(NC(=O)N(C)c2cc(Nc3ccc(N4CCN(CCC(=O)O)CC4)cc3)ncn2)c1Cl. The lowest BCUT2D eigenvalue weighted by atomic mass is 10.2. The van der Waals surface area contributed by atoms with Crippen molar-refractivity contribution in [2.45, 2.75) is 6.42 Å². The van der Waals surface area contributed by atoms with Crippen LogP contribution in [0.2, 0.25) is 10.0 Å². The standard InChI is InChI=1S/C27H31Cl2N7O5/c1-34(27(39)33-26-24(28)19(40-2)14-20(41-3)25(26)29)22-15-21(30-16-31-22)32-17-4-6-18(7-5-17)36-12-10-35(11-13-36)9-8-23(37)38/h4-7,14-16H,8-13H2,1-3H3,(H,33,39)(H,37,38)(H,30,31,32). The van der Waals surface area contributed by atoms with Crippen LogP contribution in [-0.4, -0.2) is 86.0 Å². The highest BCUT2D eigenvalue weighted by Crippen LogP contribution is 2.44. The number of aliphatic carboxylic acids is 1. The van der Waals surface area contributed by atoms with Crippen molar-refractivity contribution in [1.82, 2.24) is 14.9 Å². The molecule has 41 heavy (non-hydrogen) atoms. The summed E-state index contributed by atoms with van der Waals surface area (Å²) in [6.45, 7) is 3.87. The maximum absolute atomic E-state index is 13.1. The lowest BCUT2D eigenvalue weighted by Crippen LogP contribution is -2.46. The average Bonchev–Trinajstić information content (AvgIpc) is 2.98. The first-order chi connectivity index (χ1) is 19.7. The molecular formula is C27H31Cl2N7O5. The van der Waals surface area contributed by atoms with Crippen molar-refractivity contribution in [1.29, 1.82) is 0 Å². The van der Waals surface area contributed by atoms with Gasteiger partial charge in [0.05, 0.1) is 26.3 Å². The third kappa shape index (κ3) is 7.40. The Morgan fingerprint density at radius 2 is 1.63 bits per heavy atom. The van der Waals surface area contributed by atoms with Gasteiger partial charge in [-0.25, -0.2) is 14.8 Å². The highest BCUT2D eigenvalue weighted by Gasteiger charge is 2.22. The van der Waals surface area contributed by atoms with Crippen molar-refractivity contribution in [2.24, 2.45) is 0 Å². The van der Waals surface area contributed by atoms with Gasteiger partial charge >= 0.3 is 12.0 Å². The number of piperazine rings is 1. The Kier molecular flexibility index (Phi) is 9.92. The molecule has 12 nitrogen and oxygen atoms in total. The van der Waals surface area contributed by atoms with E-state index < -0.39 is 12.0 Å². The molecule has 3 aromatic rings. The van der Waals surface area contributed by atoms with Gasteiger partial charge < -0.3 is 30.1 Å². The fourth-order valence-electron chi connectivity index (χ4n) is 4.28. The molecule has 1 fully saturated rings. The number of nitrogens with zero attached hydrogens (tertiary/aromatic N) is 5. The number of benzene rings is 2. The van der Waals surface area contributed by atoms with Gasteiger partial charge in [0.1, 0.15) is 39.5 Å². The number of hydrogen-bond donors (Lipinski definition) is 3. The minimum absolute atomic E-state index is 0.133. The highest BCUT2D eigenvalue weighted by atomic mass is 35.5. The monoisotopic (exact) mass is 603 g/mol. The Hall–Kier alpha value is -4.00. The van der Waals surface area contributed by atoms with E-state index in [0.717, 1.165) is 37.6 Å². The van der Waals surface area contributed by atoms with Gasteiger partial charge in [-0.05, 0) is 24.3 Å². The summed E-state index contributed by atoms with van der Waals surface area (Å²) in [5.41, 5.74) is 2.04. The smallest absolute Gasteiger partial charge is 0.327 e. The van der Waals surface area contributed by atoms with Crippen LogP contribution in [0.15, 0.2) is 42.7 Å². The molecule has 2 heterocycles. The molecule has 0 atom stereocenters.